The first-order valence-corrected chi connectivity index (χ1v) is 6.19. The van der Waals surface area contributed by atoms with E-state index < -0.39 is 0 Å². The number of nitrogens with zero attached hydrogens (tertiary/aromatic N) is 1. The summed E-state index contributed by atoms with van der Waals surface area (Å²) in [5.41, 5.74) is 4.81. The topological polar surface area (TPSA) is 41.5 Å². The zero-order valence-corrected chi connectivity index (χ0v) is 11.2. The van der Waals surface area contributed by atoms with Crippen molar-refractivity contribution in [2.24, 2.45) is 5.10 Å². The molecule has 1 N–H and O–H groups in total. The van der Waals surface area contributed by atoms with Gasteiger partial charge in [0.05, 0.1) is 6.21 Å². The Hall–Kier alpha value is -2.13. The summed E-state index contributed by atoms with van der Waals surface area (Å²) >= 11 is 5.97. The highest BCUT2D eigenvalue weighted by atomic mass is 35.5. The fourth-order valence-electron chi connectivity index (χ4n) is 1.50. The molecule has 3 nitrogen and oxygen atoms in total. The lowest BCUT2D eigenvalue weighted by Gasteiger charge is -2.02. The van der Waals surface area contributed by atoms with Gasteiger partial charge in [0, 0.05) is 10.6 Å². The number of aryl methyl sites for hydroxylation is 1. The molecule has 2 rings (SSSR count). The van der Waals surface area contributed by atoms with E-state index in [1.165, 1.54) is 0 Å². The smallest absolute Gasteiger partial charge is 0.267 e. The van der Waals surface area contributed by atoms with Crippen LogP contribution in [-0.4, -0.2) is 12.1 Å². The van der Waals surface area contributed by atoms with Crippen LogP contribution in [0.3, 0.4) is 0 Å². The predicted octanol–water partition coefficient (Wildman–Crippen LogP) is 3.41. The lowest BCUT2D eigenvalue weighted by atomic mass is 10.1. The Labute approximate surface area is 116 Å². The summed E-state index contributed by atoms with van der Waals surface area (Å²) in [7, 11) is 0. The van der Waals surface area contributed by atoms with Gasteiger partial charge in [0.2, 0.25) is 0 Å². The molecule has 2 aromatic carbocycles. The number of rotatable bonds is 3. The fraction of sp³-hybridized carbons (Fsp3) is 0.0667. The molecule has 0 unspecified atom stereocenters. The summed E-state index contributed by atoms with van der Waals surface area (Å²) in [6.45, 7) is 1.89. The molecule has 0 aliphatic rings. The molecule has 0 bridgehead atoms. The third-order valence-electron chi connectivity index (χ3n) is 2.61. The van der Waals surface area contributed by atoms with Gasteiger partial charge < -0.3 is 0 Å². The second-order valence-electron chi connectivity index (χ2n) is 4.07. The average Bonchev–Trinajstić information content (AvgIpc) is 2.43. The molecule has 96 valence electrons. The number of nitrogens with one attached hydrogen (secondary N) is 1. The van der Waals surface area contributed by atoms with Crippen molar-refractivity contribution in [2.45, 2.75) is 6.92 Å². The third-order valence-corrected chi connectivity index (χ3v) is 3.02. The Balaban J connectivity index is 2.01. The summed E-state index contributed by atoms with van der Waals surface area (Å²) in [5.74, 6) is -0.283. The first-order valence-electron chi connectivity index (χ1n) is 5.81. The van der Waals surface area contributed by atoms with Gasteiger partial charge in [-0.2, -0.15) is 5.10 Å². The van der Waals surface area contributed by atoms with Crippen LogP contribution < -0.4 is 5.43 Å². The normalized spacial score (nSPS) is 10.6. The summed E-state index contributed by atoms with van der Waals surface area (Å²) < 4.78 is 0. The van der Waals surface area contributed by atoms with Crippen LogP contribution in [0.1, 0.15) is 21.5 Å². The Morgan fingerprint density at radius 2 is 1.95 bits per heavy atom. The molecular formula is C15H13ClN2O. The molecule has 0 heterocycles. The maximum absolute atomic E-state index is 11.8. The highest BCUT2D eigenvalue weighted by Gasteiger charge is 2.05. The summed E-state index contributed by atoms with van der Waals surface area (Å²) in [4.78, 5) is 11.8. The van der Waals surface area contributed by atoms with Crippen LogP contribution in [0.25, 0.3) is 0 Å². The van der Waals surface area contributed by atoms with E-state index in [4.69, 9.17) is 11.6 Å². The number of hydrogen-bond acceptors (Lipinski definition) is 2. The Morgan fingerprint density at radius 1 is 1.21 bits per heavy atom. The average molecular weight is 273 g/mol. The summed E-state index contributed by atoms with van der Waals surface area (Å²) in [6, 6.07) is 14.7. The van der Waals surface area contributed by atoms with Gasteiger partial charge >= 0.3 is 0 Å². The number of benzene rings is 2. The molecule has 1 amide bonds. The van der Waals surface area contributed by atoms with E-state index in [9.17, 15) is 4.79 Å². The number of halogens is 1. The Kier molecular flexibility index (Phi) is 4.31. The maximum atomic E-state index is 11.8. The van der Waals surface area contributed by atoms with Gasteiger partial charge in [-0.3, -0.25) is 4.79 Å². The number of carbonyl (C=O) groups is 1. The van der Waals surface area contributed by atoms with Gasteiger partial charge in [0.1, 0.15) is 0 Å². The van der Waals surface area contributed by atoms with Crippen molar-refractivity contribution in [3.63, 3.8) is 0 Å². The quantitative estimate of drug-likeness (QED) is 0.675. The Bertz CT molecular complexity index is 609. The van der Waals surface area contributed by atoms with Crippen LogP contribution in [-0.2, 0) is 0 Å². The molecule has 0 aromatic heterocycles. The van der Waals surface area contributed by atoms with Crippen LogP contribution in [0.2, 0.25) is 5.02 Å². The largest absolute Gasteiger partial charge is 0.271 e. The van der Waals surface area contributed by atoms with Crippen molar-refractivity contribution >= 4 is 23.7 Å². The predicted molar refractivity (Wildman–Crippen MR) is 77.7 cm³/mol. The number of hydrazone groups is 1. The van der Waals surface area contributed by atoms with E-state index in [-0.39, 0.29) is 5.91 Å². The maximum Gasteiger partial charge on any atom is 0.271 e. The van der Waals surface area contributed by atoms with E-state index >= 15 is 0 Å². The van der Waals surface area contributed by atoms with Gasteiger partial charge in [-0.15, -0.1) is 0 Å². The summed E-state index contributed by atoms with van der Waals surface area (Å²) in [5, 5.41) is 4.47. The lowest BCUT2D eigenvalue weighted by molar-refractivity contribution is 0.0955. The van der Waals surface area contributed by atoms with E-state index in [1.54, 1.807) is 24.4 Å². The van der Waals surface area contributed by atoms with Crippen molar-refractivity contribution in [3.8, 4) is 0 Å². The summed E-state index contributed by atoms with van der Waals surface area (Å²) in [6.07, 6.45) is 1.59. The zero-order valence-electron chi connectivity index (χ0n) is 10.4. The third kappa shape index (κ3) is 3.66. The minimum atomic E-state index is -0.283. The zero-order chi connectivity index (χ0) is 13.7. The van der Waals surface area contributed by atoms with Crippen molar-refractivity contribution < 1.29 is 4.79 Å². The van der Waals surface area contributed by atoms with Crippen molar-refractivity contribution in [1.29, 1.82) is 0 Å². The molecule has 0 fully saturated rings. The van der Waals surface area contributed by atoms with Crippen LogP contribution in [0.15, 0.2) is 53.6 Å². The number of carbonyl (C=O) groups excluding carboxylic acids is 1. The lowest BCUT2D eigenvalue weighted by Crippen LogP contribution is -2.17. The molecule has 0 saturated carbocycles. The van der Waals surface area contributed by atoms with E-state index in [2.05, 4.69) is 10.5 Å². The van der Waals surface area contributed by atoms with Crippen LogP contribution >= 0.6 is 11.6 Å². The molecular weight excluding hydrogens is 260 g/mol. The molecule has 19 heavy (non-hydrogen) atoms. The van der Waals surface area contributed by atoms with Crippen LogP contribution in [0.5, 0.6) is 0 Å². The highest BCUT2D eigenvalue weighted by molar-refractivity contribution is 6.31. The van der Waals surface area contributed by atoms with E-state index in [0.29, 0.717) is 10.6 Å². The van der Waals surface area contributed by atoms with Crippen molar-refractivity contribution in [3.05, 3.63) is 70.2 Å². The molecule has 0 saturated heterocycles. The second kappa shape index (κ2) is 6.16. The molecule has 0 radical (unpaired) electrons. The molecule has 0 spiro atoms. The SMILES string of the molecule is Cc1ccc(C(=O)N/N=C\c2ccccc2)cc1Cl. The van der Waals surface area contributed by atoms with Gasteiger partial charge in [-0.05, 0) is 30.2 Å². The van der Waals surface area contributed by atoms with E-state index in [1.807, 2.05) is 37.3 Å². The van der Waals surface area contributed by atoms with E-state index in [0.717, 1.165) is 11.1 Å². The first-order chi connectivity index (χ1) is 9.16. The minimum absolute atomic E-state index is 0.283. The van der Waals surface area contributed by atoms with Gasteiger partial charge in [-0.25, -0.2) is 5.43 Å². The second-order valence-corrected chi connectivity index (χ2v) is 4.48. The molecule has 4 heteroatoms. The molecule has 2 aromatic rings. The number of amides is 1. The minimum Gasteiger partial charge on any atom is -0.267 e. The first kappa shape index (κ1) is 13.3. The monoisotopic (exact) mass is 272 g/mol. The highest BCUT2D eigenvalue weighted by Crippen LogP contribution is 2.16. The molecule has 0 aliphatic carbocycles. The molecule has 0 atom stereocenters. The Morgan fingerprint density at radius 3 is 2.63 bits per heavy atom. The standard InChI is InChI=1S/C15H13ClN2O/c1-11-7-8-13(9-14(11)16)15(19)18-17-10-12-5-3-2-4-6-12/h2-10H,1H3,(H,18,19)/b17-10-. The van der Waals surface area contributed by atoms with Gasteiger partial charge in [-0.1, -0.05) is 48.0 Å². The van der Waals surface area contributed by atoms with Crippen LogP contribution in [0.4, 0.5) is 0 Å². The molecule has 0 aliphatic heterocycles. The van der Waals surface area contributed by atoms with Crippen molar-refractivity contribution in [2.75, 3.05) is 0 Å². The number of hydrogen-bond donors (Lipinski definition) is 1. The van der Waals surface area contributed by atoms with Crippen LogP contribution in [0, 0.1) is 6.92 Å². The van der Waals surface area contributed by atoms with Crippen molar-refractivity contribution in [1.82, 2.24) is 5.43 Å². The fourth-order valence-corrected chi connectivity index (χ4v) is 1.68. The van der Waals surface area contributed by atoms with Gasteiger partial charge in [0.25, 0.3) is 5.91 Å². The van der Waals surface area contributed by atoms with Gasteiger partial charge in [0.15, 0.2) is 0 Å².